The van der Waals surface area contributed by atoms with Crippen molar-refractivity contribution in [3.8, 4) is 5.95 Å². The Hall–Kier alpha value is -2.51. The van der Waals surface area contributed by atoms with Crippen LogP contribution in [0.25, 0.3) is 5.95 Å². The fourth-order valence-electron chi connectivity index (χ4n) is 6.44. The molecule has 4 saturated carbocycles. The Labute approximate surface area is 175 Å². The summed E-state index contributed by atoms with van der Waals surface area (Å²) >= 11 is 0. The molecule has 0 spiro atoms. The lowest BCUT2D eigenvalue weighted by molar-refractivity contribution is -0.0503. The highest BCUT2D eigenvalue weighted by atomic mass is 19.1. The highest BCUT2D eigenvalue weighted by Gasteiger charge is 2.50. The van der Waals surface area contributed by atoms with Crippen LogP contribution in [0.3, 0.4) is 0 Å². The Balaban J connectivity index is 1.36. The highest BCUT2D eigenvalue weighted by molar-refractivity contribution is 5.95. The molecule has 7 nitrogen and oxygen atoms in total. The Morgan fingerprint density at radius 2 is 1.90 bits per heavy atom. The molecule has 2 aromatic heterocycles. The Morgan fingerprint density at radius 3 is 2.47 bits per heavy atom. The number of hydrogen-bond acceptors (Lipinski definition) is 5. The third-order valence-electron chi connectivity index (χ3n) is 7.29. The Morgan fingerprint density at radius 1 is 1.27 bits per heavy atom. The van der Waals surface area contributed by atoms with E-state index in [0.29, 0.717) is 11.3 Å². The molecule has 4 bridgehead atoms. The maximum Gasteiger partial charge on any atom is 0.254 e. The number of nitrogen functional groups attached to an aromatic ring is 1. The van der Waals surface area contributed by atoms with Gasteiger partial charge >= 0.3 is 0 Å². The van der Waals surface area contributed by atoms with Crippen LogP contribution in [0, 0.1) is 29.0 Å². The molecule has 4 fully saturated rings. The minimum absolute atomic E-state index is 0.0457. The molecule has 0 aromatic carbocycles. The first-order chi connectivity index (χ1) is 14.3. The SMILES string of the molecule is CC(C)c1nn(-c2ncc(F)c(N)n2)cc1C(=O)NCC12CC3CC(CC(C3)C1)C2. The molecule has 0 radical (unpaired) electrons. The van der Waals surface area contributed by atoms with Gasteiger partial charge in [0, 0.05) is 12.7 Å². The number of rotatable bonds is 5. The number of amides is 1. The van der Waals surface area contributed by atoms with Crippen LogP contribution < -0.4 is 11.1 Å². The summed E-state index contributed by atoms with van der Waals surface area (Å²) in [7, 11) is 0. The van der Waals surface area contributed by atoms with E-state index >= 15 is 0 Å². The van der Waals surface area contributed by atoms with Gasteiger partial charge in [0.25, 0.3) is 11.9 Å². The molecule has 0 unspecified atom stereocenters. The number of halogens is 1. The van der Waals surface area contributed by atoms with Crippen LogP contribution in [-0.2, 0) is 0 Å². The second-order valence-corrected chi connectivity index (χ2v) is 10.0. The fourth-order valence-corrected chi connectivity index (χ4v) is 6.44. The second-order valence-electron chi connectivity index (χ2n) is 10.0. The van der Waals surface area contributed by atoms with Crippen molar-refractivity contribution in [1.29, 1.82) is 0 Å². The minimum Gasteiger partial charge on any atom is -0.381 e. The molecule has 0 aliphatic heterocycles. The van der Waals surface area contributed by atoms with Gasteiger partial charge in [0.15, 0.2) is 11.6 Å². The lowest BCUT2D eigenvalue weighted by Crippen LogP contribution is -2.51. The van der Waals surface area contributed by atoms with Gasteiger partial charge in [-0.2, -0.15) is 10.1 Å². The molecule has 1 amide bonds. The summed E-state index contributed by atoms with van der Waals surface area (Å²) in [5, 5.41) is 7.72. The van der Waals surface area contributed by atoms with E-state index in [1.165, 1.54) is 43.2 Å². The van der Waals surface area contributed by atoms with Gasteiger partial charge in [-0.15, -0.1) is 0 Å². The zero-order chi connectivity index (χ0) is 21.0. The first-order valence-electron chi connectivity index (χ1n) is 11.0. The van der Waals surface area contributed by atoms with Crippen molar-refractivity contribution < 1.29 is 9.18 Å². The molecule has 4 aliphatic rings. The van der Waals surface area contributed by atoms with Gasteiger partial charge in [-0.25, -0.2) is 14.1 Å². The van der Waals surface area contributed by atoms with Crippen molar-refractivity contribution in [1.82, 2.24) is 25.1 Å². The van der Waals surface area contributed by atoms with Gasteiger partial charge in [-0.05, 0) is 67.6 Å². The van der Waals surface area contributed by atoms with Crippen LogP contribution >= 0.6 is 0 Å². The van der Waals surface area contributed by atoms with Crippen LogP contribution in [0.1, 0.15) is 74.3 Å². The van der Waals surface area contributed by atoms with Crippen LogP contribution in [0.2, 0.25) is 0 Å². The van der Waals surface area contributed by atoms with E-state index in [9.17, 15) is 9.18 Å². The molecular weight excluding hydrogens is 383 g/mol. The van der Waals surface area contributed by atoms with E-state index < -0.39 is 5.82 Å². The summed E-state index contributed by atoms with van der Waals surface area (Å²) in [6, 6.07) is 0. The number of carbonyl (C=O) groups is 1. The third kappa shape index (κ3) is 3.36. The second kappa shape index (κ2) is 7.03. The summed E-state index contributed by atoms with van der Waals surface area (Å²) < 4.78 is 14.8. The topological polar surface area (TPSA) is 98.7 Å². The number of aromatic nitrogens is 4. The lowest BCUT2D eigenvalue weighted by Gasteiger charge is -2.56. The van der Waals surface area contributed by atoms with Crippen LogP contribution in [0.4, 0.5) is 10.2 Å². The zero-order valence-corrected chi connectivity index (χ0v) is 17.6. The normalized spacial score (nSPS) is 29.5. The largest absolute Gasteiger partial charge is 0.381 e. The van der Waals surface area contributed by atoms with Crippen LogP contribution in [-0.4, -0.2) is 32.2 Å². The van der Waals surface area contributed by atoms with Gasteiger partial charge in [0.2, 0.25) is 0 Å². The van der Waals surface area contributed by atoms with E-state index in [2.05, 4.69) is 20.4 Å². The monoisotopic (exact) mass is 412 g/mol. The summed E-state index contributed by atoms with van der Waals surface area (Å²) in [6.07, 6.45) is 10.5. The molecule has 3 N–H and O–H groups in total. The average molecular weight is 413 g/mol. The van der Waals surface area contributed by atoms with Crippen molar-refractivity contribution in [2.45, 2.75) is 58.3 Å². The lowest BCUT2D eigenvalue weighted by atomic mass is 9.49. The maximum absolute atomic E-state index is 13.4. The summed E-state index contributed by atoms with van der Waals surface area (Å²) in [4.78, 5) is 21.0. The number of anilines is 1. The van der Waals surface area contributed by atoms with Crippen molar-refractivity contribution in [3.05, 3.63) is 29.5 Å². The summed E-state index contributed by atoms with van der Waals surface area (Å²) in [5.41, 5.74) is 7.02. The van der Waals surface area contributed by atoms with Crippen molar-refractivity contribution in [3.63, 3.8) is 0 Å². The maximum atomic E-state index is 13.4. The Kier molecular flexibility index (Phi) is 4.56. The van der Waals surface area contributed by atoms with Crippen LogP contribution in [0.15, 0.2) is 12.4 Å². The molecule has 160 valence electrons. The predicted molar refractivity (Wildman–Crippen MR) is 111 cm³/mol. The number of hydrogen-bond donors (Lipinski definition) is 2. The zero-order valence-electron chi connectivity index (χ0n) is 17.6. The van der Waals surface area contributed by atoms with Gasteiger partial charge in [-0.1, -0.05) is 13.8 Å². The smallest absolute Gasteiger partial charge is 0.254 e. The van der Waals surface area contributed by atoms with Gasteiger partial charge < -0.3 is 11.1 Å². The summed E-state index contributed by atoms with van der Waals surface area (Å²) in [6.45, 7) is 4.71. The molecule has 4 aliphatic carbocycles. The fraction of sp³-hybridized carbons (Fsp3) is 0.636. The molecule has 30 heavy (non-hydrogen) atoms. The average Bonchev–Trinajstić information content (AvgIpc) is 3.13. The van der Waals surface area contributed by atoms with E-state index in [4.69, 9.17) is 5.73 Å². The molecule has 0 atom stereocenters. The minimum atomic E-state index is -0.677. The Bertz CT molecular complexity index is 949. The molecule has 6 rings (SSSR count). The number of nitrogens with one attached hydrogen (secondary N) is 1. The first-order valence-corrected chi connectivity index (χ1v) is 11.0. The number of nitrogens with two attached hydrogens (primary N) is 1. The number of nitrogens with zero attached hydrogens (tertiary/aromatic N) is 4. The van der Waals surface area contributed by atoms with E-state index in [1.54, 1.807) is 6.20 Å². The molecular formula is C22H29FN6O. The summed E-state index contributed by atoms with van der Waals surface area (Å²) in [5.74, 6) is 1.71. The molecule has 8 heteroatoms. The van der Waals surface area contributed by atoms with Gasteiger partial charge in [0.05, 0.1) is 17.5 Å². The predicted octanol–water partition coefficient (Wildman–Crippen LogP) is 3.45. The highest BCUT2D eigenvalue weighted by Crippen LogP contribution is 2.59. The third-order valence-corrected chi connectivity index (χ3v) is 7.29. The van der Waals surface area contributed by atoms with E-state index in [1.807, 2.05) is 13.8 Å². The standard InChI is InChI=1S/C22H29FN6O/c1-12(2)18-16(10-29(28-18)21-25-9-17(23)19(24)27-21)20(30)26-11-22-6-13-3-14(7-22)5-15(4-13)8-22/h9-10,12-15H,3-8,11H2,1-2H3,(H,26,30)(H2,24,25,27). The molecule has 2 heterocycles. The molecule has 2 aromatic rings. The van der Waals surface area contributed by atoms with E-state index in [-0.39, 0.29) is 29.0 Å². The van der Waals surface area contributed by atoms with Gasteiger partial charge in [-0.3, -0.25) is 4.79 Å². The quantitative estimate of drug-likeness (QED) is 0.784. The number of carbonyl (C=O) groups excluding carboxylic acids is 1. The van der Waals surface area contributed by atoms with Gasteiger partial charge in [0.1, 0.15) is 0 Å². The van der Waals surface area contributed by atoms with Crippen molar-refractivity contribution in [2.24, 2.45) is 23.2 Å². The van der Waals surface area contributed by atoms with Crippen LogP contribution in [0.5, 0.6) is 0 Å². The van der Waals surface area contributed by atoms with Crippen molar-refractivity contribution >= 4 is 11.7 Å². The first kappa shape index (κ1) is 19.5. The molecule has 0 saturated heterocycles. The van der Waals surface area contributed by atoms with Crippen molar-refractivity contribution in [2.75, 3.05) is 12.3 Å². The van der Waals surface area contributed by atoms with E-state index in [0.717, 1.165) is 30.5 Å².